The summed E-state index contributed by atoms with van der Waals surface area (Å²) in [5, 5.41) is 1.27. The molecule has 4 rings (SSSR count). The maximum absolute atomic E-state index is 3.57. The fourth-order valence-electron chi connectivity index (χ4n) is 2.87. The zero-order valence-corrected chi connectivity index (χ0v) is 13.5. The number of hydrogen-bond acceptors (Lipinski definition) is 0. The minimum atomic E-state index is 1.10. The quantitative estimate of drug-likeness (QED) is 0.415. The van der Waals surface area contributed by atoms with Crippen molar-refractivity contribution in [2.75, 3.05) is 0 Å². The van der Waals surface area contributed by atoms with E-state index in [-0.39, 0.29) is 0 Å². The molecule has 3 aromatic carbocycles. The molecule has 4 aromatic rings. The average molecular weight is 348 g/mol. The van der Waals surface area contributed by atoms with E-state index in [1.807, 2.05) is 6.07 Å². The number of benzene rings is 3. The van der Waals surface area contributed by atoms with E-state index in [0.717, 1.165) is 4.47 Å². The first kappa shape index (κ1) is 13.4. The highest BCUT2D eigenvalue weighted by Gasteiger charge is 2.11. The number of nitrogens with zero attached hydrogens (tertiary/aromatic N) is 1. The van der Waals surface area contributed by atoms with Crippen LogP contribution in [-0.4, -0.2) is 4.57 Å². The Morgan fingerprint density at radius 2 is 1.50 bits per heavy atom. The molecule has 0 saturated carbocycles. The summed E-state index contributed by atoms with van der Waals surface area (Å²) < 4.78 is 3.35. The first-order valence-corrected chi connectivity index (χ1v) is 8.04. The van der Waals surface area contributed by atoms with Gasteiger partial charge in [-0.25, -0.2) is 0 Å². The normalized spacial score (nSPS) is 11.0. The van der Waals surface area contributed by atoms with E-state index in [0.29, 0.717) is 0 Å². The van der Waals surface area contributed by atoms with Crippen molar-refractivity contribution in [1.29, 1.82) is 0 Å². The van der Waals surface area contributed by atoms with Crippen LogP contribution in [0.3, 0.4) is 0 Å². The molecule has 0 aliphatic rings. The van der Waals surface area contributed by atoms with Crippen LogP contribution in [0.2, 0.25) is 0 Å². The number of aromatic nitrogens is 1. The summed E-state index contributed by atoms with van der Waals surface area (Å²) in [6, 6.07) is 27.5. The van der Waals surface area contributed by atoms with Gasteiger partial charge in [-0.05, 0) is 35.9 Å². The molecule has 0 atom stereocenters. The van der Waals surface area contributed by atoms with Crippen LogP contribution >= 0.6 is 15.9 Å². The maximum Gasteiger partial charge on any atom is 0.0534 e. The number of hydrogen-bond donors (Lipinski definition) is 0. The molecule has 0 fully saturated rings. The van der Waals surface area contributed by atoms with Gasteiger partial charge in [0.1, 0.15) is 0 Å². The Labute approximate surface area is 138 Å². The largest absolute Gasteiger partial charge is 0.316 e. The predicted molar refractivity (Wildman–Crippen MR) is 96.4 cm³/mol. The first-order valence-electron chi connectivity index (χ1n) is 7.24. The summed E-state index contributed by atoms with van der Waals surface area (Å²) in [4.78, 5) is 0. The van der Waals surface area contributed by atoms with Gasteiger partial charge in [-0.15, -0.1) is 0 Å². The second kappa shape index (κ2) is 5.47. The van der Waals surface area contributed by atoms with Crippen molar-refractivity contribution in [3.05, 3.63) is 89.5 Å². The molecule has 1 aromatic heterocycles. The van der Waals surface area contributed by atoms with E-state index in [4.69, 9.17) is 0 Å². The fourth-order valence-corrected chi connectivity index (χ4v) is 3.27. The lowest BCUT2D eigenvalue weighted by Crippen LogP contribution is -1.90. The third-order valence-electron chi connectivity index (χ3n) is 3.88. The van der Waals surface area contributed by atoms with E-state index in [1.165, 1.54) is 27.7 Å². The number of rotatable bonds is 2. The Morgan fingerprint density at radius 3 is 2.32 bits per heavy atom. The van der Waals surface area contributed by atoms with Gasteiger partial charge in [0.15, 0.2) is 0 Å². The number of fused-ring (bicyclic) bond motifs is 1. The smallest absolute Gasteiger partial charge is 0.0534 e. The average Bonchev–Trinajstić information content (AvgIpc) is 2.95. The van der Waals surface area contributed by atoms with Crippen LogP contribution in [0.4, 0.5) is 0 Å². The van der Waals surface area contributed by atoms with Gasteiger partial charge in [0, 0.05) is 27.3 Å². The second-order valence-electron chi connectivity index (χ2n) is 5.28. The summed E-state index contributed by atoms with van der Waals surface area (Å²) in [5.41, 5.74) is 4.88. The highest BCUT2D eigenvalue weighted by molar-refractivity contribution is 9.10. The molecule has 0 saturated heterocycles. The molecule has 0 amide bonds. The van der Waals surface area contributed by atoms with Crippen molar-refractivity contribution in [3.8, 4) is 16.8 Å². The molecule has 1 heterocycles. The standard InChI is InChI=1S/C20H14BrN/c21-16-8-6-7-15(13-16)19-14-22(17-9-2-1-3-10-17)20-12-5-4-11-18(19)20/h1-14H. The molecule has 0 bridgehead atoms. The minimum Gasteiger partial charge on any atom is -0.316 e. The molecule has 0 radical (unpaired) electrons. The van der Waals surface area contributed by atoms with E-state index >= 15 is 0 Å². The summed E-state index contributed by atoms with van der Waals surface area (Å²) in [6.45, 7) is 0. The number of para-hydroxylation sites is 2. The van der Waals surface area contributed by atoms with Gasteiger partial charge in [-0.2, -0.15) is 0 Å². The highest BCUT2D eigenvalue weighted by atomic mass is 79.9. The van der Waals surface area contributed by atoms with E-state index in [2.05, 4.69) is 99.5 Å². The Bertz CT molecular complexity index is 938. The lowest BCUT2D eigenvalue weighted by Gasteiger charge is -2.04. The molecule has 0 aliphatic carbocycles. The Kier molecular flexibility index (Phi) is 3.32. The van der Waals surface area contributed by atoms with Crippen LogP contribution in [0.15, 0.2) is 89.5 Å². The number of halogens is 1. The van der Waals surface area contributed by atoms with Gasteiger partial charge in [0.25, 0.3) is 0 Å². The van der Waals surface area contributed by atoms with Crippen molar-refractivity contribution < 1.29 is 0 Å². The van der Waals surface area contributed by atoms with Gasteiger partial charge in [0.2, 0.25) is 0 Å². The molecule has 106 valence electrons. The van der Waals surface area contributed by atoms with Gasteiger partial charge in [0.05, 0.1) is 5.52 Å². The molecular weight excluding hydrogens is 334 g/mol. The lowest BCUT2D eigenvalue weighted by atomic mass is 10.1. The van der Waals surface area contributed by atoms with Crippen molar-refractivity contribution in [1.82, 2.24) is 4.57 Å². The molecule has 0 N–H and O–H groups in total. The van der Waals surface area contributed by atoms with Gasteiger partial charge < -0.3 is 4.57 Å². The topological polar surface area (TPSA) is 4.93 Å². The van der Waals surface area contributed by atoms with Gasteiger partial charge >= 0.3 is 0 Å². The van der Waals surface area contributed by atoms with Crippen molar-refractivity contribution >= 4 is 26.8 Å². The minimum absolute atomic E-state index is 1.10. The first-order chi connectivity index (χ1) is 10.8. The molecule has 0 unspecified atom stereocenters. The van der Waals surface area contributed by atoms with E-state index in [1.54, 1.807) is 0 Å². The van der Waals surface area contributed by atoms with E-state index < -0.39 is 0 Å². The fraction of sp³-hybridized carbons (Fsp3) is 0. The third kappa shape index (κ3) is 2.26. The SMILES string of the molecule is Brc1cccc(-c2cn(-c3ccccc3)c3ccccc23)c1. The molecular formula is C20H14BrN. The van der Waals surface area contributed by atoms with Crippen LogP contribution < -0.4 is 0 Å². The van der Waals surface area contributed by atoms with Crippen LogP contribution in [0.1, 0.15) is 0 Å². The molecule has 1 nitrogen and oxygen atoms in total. The van der Waals surface area contributed by atoms with Crippen LogP contribution in [-0.2, 0) is 0 Å². The van der Waals surface area contributed by atoms with Crippen LogP contribution in [0.5, 0.6) is 0 Å². The Hall–Kier alpha value is -2.32. The summed E-state index contributed by atoms with van der Waals surface area (Å²) in [7, 11) is 0. The van der Waals surface area contributed by atoms with Crippen molar-refractivity contribution in [2.24, 2.45) is 0 Å². The molecule has 2 heteroatoms. The van der Waals surface area contributed by atoms with Gasteiger partial charge in [-0.3, -0.25) is 0 Å². The zero-order valence-electron chi connectivity index (χ0n) is 11.9. The van der Waals surface area contributed by atoms with Crippen LogP contribution in [0, 0.1) is 0 Å². The lowest BCUT2D eigenvalue weighted by molar-refractivity contribution is 1.13. The van der Waals surface area contributed by atoms with Crippen molar-refractivity contribution in [2.45, 2.75) is 0 Å². The molecule has 22 heavy (non-hydrogen) atoms. The summed E-state index contributed by atoms with van der Waals surface area (Å²) in [5.74, 6) is 0. The highest BCUT2D eigenvalue weighted by Crippen LogP contribution is 2.33. The molecule has 0 spiro atoms. The Morgan fingerprint density at radius 1 is 0.727 bits per heavy atom. The third-order valence-corrected chi connectivity index (χ3v) is 4.38. The Balaban J connectivity index is 2.01. The van der Waals surface area contributed by atoms with Crippen LogP contribution in [0.25, 0.3) is 27.7 Å². The second-order valence-corrected chi connectivity index (χ2v) is 6.19. The molecule has 0 aliphatic heterocycles. The van der Waals surface area contributed by atoms with Gasteiger partial charge in [-0.1, -0.05) is 64.5 Å². The zero-order chi connectivity index (χ0) is 14.9. The summed E-state index contributed by atoms with van der Waals surface area (Å²) >= 11 is 3.57. The van der Waals surface area contributed by atoms with E-state index in [9.17, 15) is 0 Å². The monoisotopic (exact) mass is 347 g/mol. The summed E-state index contributed by atoms with van der Waals surface area (Å²) in [6.07, 6.45) is 2.22. The van der Waals surface area contributed by atoms with Crippen molar-refractivity contribution in [3.63, 3.8) is 0 Å². The maximum atomic E-state index is 3.57. The predicted octanol–water partition coefficient (Wildman–Crippen LogP) is 6.06.